The lowest BCUT2D eigenvalue weighted by Gasteiger charge is -2.12. The average molecular weight is 608 g/mol. The van der Waals surface area contributed by atoms with Crippen molar-refractivity contribution in [2.45, 2.75) is 13.0 Å². The van der Waals surface area contributed by atoms with Gasteiger partial charge in [-0.25, -0.2) is 0 Å². The molecule has 3 aromatic rings. The number of carbonyl (C=O) groups excluding carboxylic acids is 2. The molecular formula is C25H18Br2ClNO3S. The van der Waals surface area contributed by atoms with Gasteiger partial charge in [0.15, 0.2) is 0 Å². The molecule has 0 bridgehead atoms. The normalized spacial score (nSPS) is 14.9. The van der Waals surface area contributed by atoms with Crippen LogP contribution >= 0.6 is 55.2 Å². The Kier molecular flexibility index (Phi) is 7.96. The van der Waals surface area contributed by atoms with E-state index in [1.165, 1.54) is 4.90 Å². The summed E-state index contributed by atoms with van der Waals surface area (Å²) < 4.78 is 7.43. The average Bonchev–Trinajstić information content (AvgIpc) is 3.06. The second kappa shape index (κ2) is 10.9. The molecule has 0 saturated carbocycles. The van der Waals surface area contributed by atoms with Gasteiger partial charge in [-0.05, 0) is 97.1 Å². The number of nitrogens with zero attached hydrogens (tertiary/aromatic N) is 1. The van der Waals surface area contributed by atoms with E-state index in [9.17, 15) is 9.59 Å². The molecule has 1 aliphatic heterocycles. The summed E-state index contributed by atoms with van der Waals surface area (Å²) in [6.45, 7) is 0.741. The van der Waals surface area contributed by atoms with Gasteiger partial charge < -0.3 is 4.74 Å². The maximum atomic E-state index is 12.8. The van der Waals surface area contributed by atoms with Gasteiger partial charge in [-0.2, -0.15) is 0 Å². The molecule has 0 N–H and O–H groups in total. The molecule has 8 heteroatoms. The van der Waals surface area contributed by atoms with E-state index in [-0.39, 0.29) is 11.1 Å². The van der Waals surface area contributed by atoms with Crippen LogP contribution in [-0.2, 0) is 17.8 Å². The molecule has 1 fully saturated rings. The Morgan fingerprint density at radius 2 is 1.61 bits per heavy atom. The van der Waals surface area contributed by atoms with Crippen LogP contribution < -0.4 is 4.74 Å². The van der Waals surface area contributed by atoms with E-state index in [4.69, 9.17) is 16.3 Å². The summed E-state index contributed by atoms with van der Waals surface area (Å²) in [5, 5.41) is 0.429. The van der Waals surface area contributed by atoms with Crippen LogP contribution in [0.25, 0.3) is 6.08 Å². The van der Waals surface area contributed by atoms with Crippen molar-refractivity contribution in [2.75, 3.05) is 6.54 Å². The summed E-state index contributed by atoms with van der Waals surface area (Å²) in [7, 11) is 0. The Morgan fingerprint density at radius 1 is 0.939 bits per heavy atom. The van der Waals surface area contributed by atoms with E-state index in [1.807, 2.05) is 66.7 Å². The number of halogens is 3. The fourth-order valence-electron chi connectivity index (χ4n) is 3.27. The molecule has 1 aliphatic rings. The van der Waals surface area contributed by atoms with E-state index in [0.717, 1.165) is 37.4 Å². The summed E-state index contributed by atoms with van der Waals surface area (Å²) in [5.41, 5.74) is 2.86. The number of hydrogen-bond acceptors (Lipinski definition) is 4. The van der Waals surface area contributed by atoms with Gasteiger partial charge in [0.05, 0.1) is 13.9 Å². The summed E-state index contributed by atoms with van der Waals surface area (Å²) in [6.07, 6.45) is 2.36. The number of amides is 2. The summed E-state index contributed by atoms with van der Waals surface area (Å²) in [6, 6.07) is 21.0. The second-order valence-corrected chi connectivity index (χ2v) is 10.4. The van der Waals surface area contributed by atoms with Crippen molar-refractivity contribution in [1.29, 1.82) is 0 Å². The van der Waals surface area contributed by atoms with E-state index in [1.54, 1.807) is 6.08 Å². The zero-order valence-electron chi connectivity index (χ0n) is 17.3. The quantitative estimate of drug-likeness (QED) is 0.258. The van der Waals surface area contributed by atoms with Crippen molar-refractivity contribution in [1.82, 2.24) is 4.90 Å². The Hall–Kier alpha value is -2.06. The molecule has 0 spiro atoms. The molecule has 0 aliphatic carbocycles. The van der Waals surface area contributed by atoms with E-state index in [0.29, 0.717) is 35.2 Å². The van der Waals surface area contributed by atoms with Gasteiger partial charge >= 0.3 is 0 Å². The third kappa shape index (κ3) is 6.09. The highest BCUT2D eigenvalue weighted by Gasteiger charge is 2.34. The largest absolute Gasteiger partial charge is 0.487 e. The monoisotopic (exact) mass is 605 g/mol. The van der Waals surface area contributed by atoms with Crippen molar-refractivity contribution in [3.05, 3.63) is 102 Å². The lowest BCUT2D eigenvalue weighted by atomic mass is 10.1. The van der Waals surface area contributed by atoms with Gasteiger partial charge in [-0.15, -0.1) is 0 Å². The molecule has 1 saturated heterocycles. The number of thioether (sulfide) groups is 1. The topological polar surface area (TPSA) is 46.6 Å². The van der Waals surface area contributed by atoms with Crippen molar-refractivity contribution >= 4 is 72.4 Å². The van der Waals surface area contributed by atoms with Crippen molar-refractivity contribution in [3.8, 4) is 5.75 Å². The molecule has 1 heterocycles. The van der Waals surface area contributed by atoms with Crippen LogP contribution in [0, 0.1) is 0 Å². The van der Waals surface area contributed by atoms with Gasteiger partial charge in [0.25, 0.3) is 11.1 Å². The van der Waals surface area contributed by atoms with Crippen LogP contribution in [0.2, 0.25) is 5.02 Å². The highest BCUT2D eigenvalue weighted by molar-refractivity contribution is 9.11. The minimum absolute atomic E-state index is 0.247. The number of rotatable bonds is 7. The molecule has 4 rings (SSSR count). The zero-order valence-corrected chi connectivity index (χ0v) is 22.0. The first-order valence-corrected chi connectivity index (χ1v) is 12.8. The molecule has 0 atom stereocenters. The first-order valence-electron chi connectivity index (χ1n) is 10.1. The minimum atomic E-state index is -0.267. The molecule has 3 aromatic carbocycles. The highest BCUT2D eigenvalue weighted by Crippen LogP contribution is 2.38. The fraction of sp³-hybridized carbons (Fsp3) is 0.120. The molecule has 2 amide bonds. The van der Waals surface area contributed by atoms with Gasteiger partial charge in [0, 0.05) is 11.6 Å². The van der Waals surface area contributed by atoms with Crippen molar-refractivity contribution < 1.29 is 14.3 Å². The Labute approximate surface area is 218 Å². The predicted octanol–water partition coefficient (Wildman–Crippen LogP) is 7.72. The molecule has 0 radical (unpaired) electrons. The molecule has 0 unspecified atom stereocenters. The van der Waals surface area contributed by atoms with Gasteiger partial charge in [-0.3, -0.25) is 14.5 Å². The highest BCUT2D eigenvalue weighted by atomic mass is 79.9. The van der Waals surface area contributed by atoms with Crippen molar-refractivity contribution in [2.24, 2.45) is 0 Å². The Bertz CT molecular complexity index is 1190. The Morgan fingerprint density at radius 3 is 2.27 bits per heavy atom. The fourth-order valence-corrected chi connectivity index (χ4v) is 5.71. The summed E-state index contributed by atoms with van der Waals surface area (Å²) in [5.74, 6) is 0.384. The lowest BCUT2D eigenvalue weighted by Crippen LogP contribution is -2.30. The molecule has 4 nitrogen and oxygen atoms in total. The van der Waals surface area contributed by atoms with Gasteiger partial charge in [0.1, 0.15) is 12.4 Å². The van der Waals surface area contributed by atoms with E-state index >= 15 is 0 Å². The minimum Gasteiger partial charge on any atom is -0.487 e. The van der Waals surface area contributed by atoms with Gasteiger partial charge in [0.2, 0.25) is 0 Å². The van der Waals surface area contributed by atoms with Gasteiger partial charge in [-0.1, -0.05) is 54.1 Å². The van der Waals surface area contributed by atoms with Crippen LogP contribution in [0.1, 0.15) is 16.7 Å². The third-order valence-corrected chi connectivity index (χ3v) is 7.29. The molecule has 0 aromatic heterocycles. The summed E-state index contributed by atoms with van der Waals surface area (Å²) in [4.78, 5) is 26.9. The maximum absolute atomic E-state index is 12.8. The third-order valence-electron chi connectivity index (χ3n) is 4.96. The standard InChI is InChI=1S/C25H18Br2ClNO3S/c26-20-12-18(13-21(27)23(20)32-15-17-6-8-19(28)9-7-17)14-22-24(30)29(25(31)33-22)11-10-16-4-2-1-3-5-16/h1-9,12-14H,10-11,15H2/b22-14-. The van der Waals surface area contributed by atoms with Crippen LogP contribution in [0.3, 0.4) is 0 Å². The molecule has 168 valence electrons. The number of ether oxygens (including phenoxy) is 1. The van der Waals surface area contributed by atoms with E-state index < -0.39 is 0 Å². The number of hydrogen-bond donors (Lipinski definition) is 0. The first-order chi connectivity index (χ1) is 15.9. The molecular weight excluding hydrogens is 590 g/mol. The lowest BCUT2D eigenvalue weighted by molar-refractivity contribution is -0.122. The van der Waals surface area contributed by atoms with Crippen molar-refractivity contribution in [3.63, 3.8) is 0 Å². The predicted molar refractivity (Wildman–Crippen MR) is 140 cm³/mol. The van der Waals surface area contributed by atoms with Crippen LogP contribution in [-0.4, -0.2) is 22.6 Å². The number of benzene rings is 3. The van der Waals surface area contributed by atoms with Crippen LogP contribution in [0.15, 0.2) is 80.6 Å². The first kappa shape index (κ1) is 24.1. The summed E-state index contributed by atoms with van der Waals surface area (Å²) >= 11 is 14.0. The molecule has 33 heavy (non-hydrogen) atoms. The second-order valence-electron chi connectivity index (χ2n) is 7.30. The number of imide groups is 1. The smallest absolute Gasteiger partial charge is 0.293 e. The maximum Gasteiger partial charge on any atom is 0.293 e. The SMILES string of the molecule is O=C1S/C(=C\c2cc(Br)c(OCc3ccc(Cl)cc3)c(Br)c2)C(=O)N1CCc1ccccc1. The van der Waals surface area contributed by atoms with Crippen LogP contribution in [0.5, 0.6) is 5.75 Å². The van der Waals surface area contributed by atoms with E-state index in [2.05, 4.69) is 31.9 Å². The Balaban J connectivity index is 1.45. The zero-order chi connectivity index (χ0) is 23.4. The van der Waals surface area contributed by atoms with Crippen LogP contribution in [0.4, 0.5) is 4.79 Å². The number of carbonyl (C=O) groups is 2.